The quantitative estimate of drug-likeness (QED) is 0.774. The summed E-state index contributed by atoms with van der Waals surface area (Å²) in [5, 5.41) is 2.78. The number of carbonyl (C=O) groups excluding carboxylic acids is 2. The number of hydrogen-bond donors (Lipinski definition) is 2. The molecule has 6 nitrogen and oxygen atoms in total. The van der Waals surface area contributed by atoms with E-state index >= 15 is 0 Å². The minimum Gasteiger partial charge on any atom is -0.366 e. The van der Waals surface area contributed by atoms with Crippen LogP contribution in [-0.4, -0.2) is 21.2 Å². The number of nitrogens with two attached hydrogens (primary N) is 1. The van der Waals surface area contributed by atoms with Gasteiger partial charge in [-0.15, -0.1) is 0 Å². The van der Waals surface area contributed by atoms with Gasteiger partial charge in [0, 0.05) is 23.6 Å². The van der Waals surface area contributed by atoms with E-state index in [1.807, 2.05) is 19.3 Å². The highest BCUT2D eigenvalue weighted by Gasteiger charge is 2.12. The van der Waals surface area contributed by atoms with E-state index < -0.39 is 5.91 Å². The van der Waals surface area contributed by atoms with Gasteiger partial charge in [-0.1, -0.05) is 0 Å². The smallest absolute Gasteiger partial charge is 0.259 e. The number of imidazole rings is 1. The van der Waals surface area contributed by atoms with Crippen LogP contribution in [0, 0.1) is 6.92 Å². The van der Waals surface area contributed by atoms with Gasteiger partial charge < -0.3 is 15.5 Å². The van der Waals surface area contributed by atoms with E-state index in [1.54, 1.807) is 40.8 Å². The Kier molecular flexibility index (Phi) is 3.34. The number of hydrogen-bond acceptors (Lipinski definition) is 3. The minimum atomic E-state index is -0.504. The Hall–Kier alpha value is -3.15. The number of aryl methyl sites for hydroxylation is 1. The maximum atomic E-state index is 12.4. The zero-order valence-electron chi connectivity index (χ0n) is 11.9. The van der Waals surface area contributed by atoms with Crippen LogP contribution in [0.25, 0.3) is 5.65 Å². The van der Waals surface area contributed by atoms with Crippen LogP contribution in [0.1, 0.15) is 26.4 Å². The first-order valence-corrected chi connectivity index (χ1v) is 6.70. The number of fused-ring (bicyclic) bond motifs is 1. The van der Waals surface area contributed by atoms with Gasteiger partial charge in [-0.2, -0.15) is 0 Å². The van der Waals surface area contributed by atoms with Crippen molar-refractivity contribution in [2.45, 2.75) is 6.92 Å². The second-order valence-electron chi connectivity index (χ2n) is 4.93. The lowest BCUT2D eigenvalue weighted by Gasteiger charge is -2.06. The summed E-state index contributed by atoms with van der Waals surface area (Å²) in [5.41, 5.74) is 8.08. The summed E-state index contributed by atoms with van der Waals surface area (Å²) in [6.45, 7) is 1.87. The third-order valence-corrected chi connectivity index (χ3v) is 3.28. The molecule has 0 saturated heterocycles. The fourth-order valence-electron chi connectivity index (χ4n) is 2.23. The van der Waals surface area contributed by atoms with E-state index in [9.17, 15) is 9.59 Å². The van der Waals surface area contributed by atoms with Gasteiger partial charge in [0.25, 0.3) is 5.91 Å². The van der Waals surface area contributed by atoms with Gasteiger partial charge in [0.2, 0.25) is 5.91 Å². The van der Waals surface area contributed by atoms with Crippen molar-refractivity contribution in [3.05, 3.63) is 65.6 Å². The molecular weight excluding hydrogens is 280 g/mol. The Morgan fingerprint density at radius 3 is 2.59 bits per heavy atom. The number of primary amides is 1. The fourth-order valence-corrected chi connectivity index (χ4v) is 2.23. The van der Waals surface area contributed by atoms with E-state index in [2.05, 4.69) is 10.3 Å². The van der Waals surface area contributed by atoms with Gasteiger partial charge in [-0.25, -0.2) is 4.98 Å². The molecule has 0 unspecified atom stereocenters. The van der Waals surface area contributed by atoms with Crippen molar-refractivity contribution in [2.24, 2.45) is 5.73 Å². The SMILES string of the molecule is Cc1cn2cccc(C(=O)Nc3ccc(C(N)=O)cc3)c2n1. The number of benzene rings is 1. The molecule has 0 radical (unpaired) electrons. The standard InChI is InChI=1S/C16H14N4O2/c1-10-9-20-8-2-3-13(15(20)18-10)16(22)19-12-6-4-11(5-7-12)14(17)21/h2-9H,1H3,(H2,17,21)(H,19,22). The lowest BCUT2D eigenvalue weighted by atomic mass is 10.2. The molecule has 0 fully saturated rings. The lowest BCUT2D eigenvalue weighted by Crippen LogP contribution is -2.14. The number of pyridine rings is 1. The summed E-state index contributed by atoms with van der Waals surface area (Å²) < 4.78 is 1.81. The van der Waals surface area contributed by atoms with Crippen molar-refractivity contribution in [1.82, 2.24) is 9.38 Å². The largest absolute Gasteiger partial charge is 0.366 e. The molecule has 2 aromatic heterocycles. The van der Waals surface area contributed by atoms with Crippen LogP contribution in [0.2, 0.25) is 0 Å². The van der Waals surface area contributed by atoms with Gasteiger partial charge in [0.1, 0.15) is 5.65 Å². The molecule has 3 rings (SSSR count). The zero-order valence-corrected chi connectivity index (χ0v) is 11.9. The highest BCUT2D eigenvalue weighted by molar-refractivity contribution is 6.08. The molecular formula is C16H14N4O2. The van der Waals surface area contributed by atoms with Gasteiger partial charge >= 0.3 is 0 Å². The van der Waals surface area contributed by atoms with Crippen LogP contribution in [0.15, 0.2) is 48.8 Å². The first-order chi connectivity index (χ1) is 10.5. The molecule has 6 heteroatoms. The van der Waals surface area contributed by atoms with E-state index in [0.717, 1.165) is 5.69 Å². The molecule has 3 aromatic rings. The predicted molar refractivity (Wildman–Crippen MR) is 82.8 cm³/mol. The van der Waals surface area contributed by atoms with Crippen molar-refractivity contribution in [2.75, 3.05) is 5.32 Å². The number of anilines is 1. The molecule has 0 aliphatic carbocycles. The summed E-state index contributed by atoms with van der Waals surface area (Å²) in [4.78, 5) is 27.8. The van der Waals surface area contributed by atoms with Crippen LogP contribution in [0.3, 0.4) is 0 Å². The summed E-state index contributed by atoms with van der Waals surface area (Å²) in [5.74, 6) is -0.765. The van der Waals surface area contributed by atoms with Crippen LogP contribution in [0.5, 0.6) is 0 Å². The molecule has 110 valence electrons. The second kappa shape index (κ2) is 5.33. The van der Waals surface area contributed by atoms with Crippen molar-refractivity contribution in [3.8, 4) is 0 Å². The highest BCUT2D eigenvalue weighted by atomic mass is 16.2. The molecule has 3 N–H and O–H groups in total. The highest BCUT2D eigenvalue weighted by Crippen LogP contribution is 2.15. The van der Waals surface area contributed by atoms with Crippen LogP contribution in [-0.2, 0) is 0 Å². The van der Waals surface area contributed by atoms with Gasteiger partial charge in [-0.3, -0.25) is 9.59 Å². The van der Waals surface area contributed by atoms with E-state index in [-0.39, 0.29) is 5.91 Å². The Morgan fingerprint density at radius 2 is 1.91 bits per heavy atom. The van der Waals surface area contributed by atoms with Crippen LogP contribution >= 0.6 is 0 Å². The number of carbonyl (C=O) groups is 2. The molecule has 0 saturated carbocycles. The van der Waals surface area contributed by atoms with Crippen LogP contribution in [0.4, 0.5) is 5.69 Å². The Balaban J connectivity index is 1.88. The summed E-state index contributed by atoms with van der Waals surface area (Å²) >= 11 is 0. The maximum Gasteiger partial charge on any atom is 0.259 e. The lowest BCUT2D eigenvalue weighted by molar-refractivity contribution is 0.0998. The number of nitrogens with one attached hydrogen (secondary N) is 1. The number of nitrogens with zero attached hydrogens (tertiary/aromatic N) is 2. The molecule has 22 heavy (non-hydrogen) atoms. The molecule has 2 amide bonds. The number of aromatic nitrogens is 2. The number of rotatable bonds is 3. The van der Waals surface area contributed by atoms with Gasteiger partial charge in [0.05, 0.1) is 11.3 Å². The molecule has 0 bridgehead atoms. The fraction of sp³-hybridized carbons (Fsp3) is 0.0625. The Labute approximate surface area is 126 Å². The average molecular weight is 294 g/mol. The van der Waals surface area contributed by atoms with Gasteiger partial charge in [-0.05, 0) is 43.3 Å². The van der Waals surface area contributed by atoms with Crippen molar-refractivity contribution in [3.63, 3.8) is 0 Å². The molecule has 0 aliphatic rings. The maximum absolute atomic E-state index is 12.4. The van der Waals surface area contributed by atoms with E-state index in [1.165, 1.54) is 0 Å². The Bertz CT molecular complexity index is 865. The van der Waals surface area contributed by atoms with Crippen molar-refractivity contribution in [1.29, 1.82) is 0 Å². The topological polar surface area (TPSA) is 89.5 Å². The Morgan fingerprint density at radius 1 is 1.18 bits per heavy atom. The molecule has 0 aliphatic heterocycles. The van der Waals surface area contributed by atoms with Crippen molar-refractivity contribution < 1.29 is 9.59 Å². The third-order valence-electron chi connectivity index (χ3n) is 3.28. The average Bonchev–Trinajstić information content (AvgIpc) is 2.87. The summed E-state index contributed by atoms with van der Waals surface area (Å²) in [7, 11) is 0. The first kappa shape index (κ1) is 13.8. The molecule has 2 heterocycles. The summed E-state index contributed by atoms with van der Waals surface area (Å²) in [6.07, 6.45) is 3.70. The van der Waals surface area contributed by atoms with E-state index in [4.69, 9.17) is 5.73 Å². The monoisotopic (exact) mass is 294 g/mol. The molecule has 0 atom stereocenters. The van der Waals surface area contributed by atoms with Crippen LogP contribution < -0.4 is 11.1 Å². The predicted octanol–water partition coefficient (Wildman–Crippen LogP) is 1.99. The minimum absolute atomic E-state index is 0.261. The molecule has 1 aromatic carbocycles. The normalized spacial score (nSPS) is 10.6. The number of amides is 2. The molecule has 0 spiro atoms. The zero-order chi connectivity index (χ0) is 15.7. The van der Waals surface area contributed by atoms with Gasteiger partial charge in [0.15, 0.2) is 0 Å². The second-order valence-corrected chi connectivity index (χ2v) is 4.93. The van der Waals surface area contributed by atoms with E-state index in [0.29, 0.717) is 22.5 Å². The first-order valence-electron chi connectivity index (χ1n) is 6.70. The van der Waals surface area contributed by atoms with Crippen molar-refractivity contribution >= 4 is 23.1 Å². The summed E-state index contributed by atoms with van der Waals surface area (Å²) in [6, 6.07) is 9.91. The third kappa shape index (κ3) is 2.54.